The fourth-order valence-electron chi connectivity index (χ4n) is 2.34. The molecule has 1 atom stereocenters. The Morgan fingerprint density at radius 1 is 1.45 bits per heavy atom. The molecule has 0 saturated heterocycles. The molecular weight excluding hydrogens is 300 g/mol. The lowest BCUT2D eigenvalue weighted by Crippen LogP contribution is -2.28. The Hall–Kier alpha value is -1.11. The lowest BCUT2D eigenvalue weighted by Gasteiger charge is -2.19. The van der Waals surface area contributed by atoms with Crippen LogP contribution in [0.15, 0.2) is 12.1 Å². The van der Waals surface area contributed by atoms with Gasteiger partial charge in [-0.05, 0) is 23.7 Å². The predicted molar refractivity (Wildman–Crippen MR) is 79.9 cm³/mol. The summed E-state index contributed by atoms with van der Waals surface area (Å²) < 4.78 is 23.1. The Balaban J connectivity index is 2.39. The molecule has 0 aliphatic carbocycles. The molecular formula is C13H17ClN2O3S. The van der Waals surface area contributed by atoms with Gasteiger partial charge in [-0.2, -0.15) is 0 Å². The van der Waals surface area contributed by atoms with E-state index in [4.69, 9.17) is 11.6 Å². The van der Waals surface area contributed by atoms with Crippen LogP contribution in [0.1, 0.15) is 24.1 Å². The number of fused-ring (bicyclic) bond motifs is 1. The summed E-state index contributed by atoms with van der Waals surface area (Å²) in [5, 5.41) is 6.31. The molecule has 0 aromatic heterocycles. The smallest absolute Gasteiger partial charge is 0.228 e. The summed E-state index contributed by atoms with van der Waals surface area (Å²) in [5.41, 5.74) is 2.28. The van der Waals surface area contributed by atoms with E-state index in [1.807, 2.05) is 13.0 Å². The van der Waals surface area contributed by atoms with Crippen LogP contribution in [0.3, 0.4) is 0 Å². The van der Waals surface area contributed by atoms with Crippen molar-refractivity contribution in [3.63, 3.8) is 0 Å². The second kappa shape index (κ2) is 5.71. The molecule has 1 aromatic rings. The largest absolute Gasteiger partial charge is 0.325 e. The van der Waals surface area contributed by atoms with Gasteiger partial charge in [-0.3, -0.25) is 4.79 Å². The Morgan fingerprint density at radius 2 is 2.15 bits per heavy atom. The maximum atomic E-state index is 11.5. The van der Waals surface area contributed by atoms with E-state index in [-0.39, 0.29) is 17.7 Å². The van der Waals surface area contributed by atoms with Crippen molar-refractivity contribution in [3.05, 3.63) is 28.3 Å². The first-order valence-corrected chi connectivity index (χ1v) is 8.77. The Bertz CT molecular complexity index is 643. The predicted octanol–water partition coefficient (Wildman–Crippen LogP) is 1.53. The number of sulfone groups is 1. The second-order valence-corrected chi connectivity index (χ2v) is 7.55. The molecule has 1 heterocycles. The van der Waals surface area contributed by atoms with Gasteiger partial charge in [-0.15, -0.1) is 0 Å². The van der Waals surface area contributed by atoms with Crippen LogP contribution < -0.4 is 10.6 Å². The van der Waals surface area contributed by atoms with Gasteiger partial charge in [0.25, 0.3) is 0 Å². The number of nitrogens with one attached hydrogen (secondary N) is 2. The first kappa shape index (κ1) is 15.3. The Morgan fingerprint density at radius 3 is 2.75 bits per heavy atom. The highest BCUT2D eigenvalue weighted by atomic mass is 35.5. The van der Waals surface area contributed by atoms with Crippen molar-refractivity contribution >= 4 is 33.0 Å². The summed E-state index contributed by atoms with van der Waals surface area (Å²) in [4.78, 5) is 11.4. The molecule has 1 amide bonds. The molecule has 2 N–H and O–H groups in total. The van der Waals surface area contributed by atoms with Crippen molar-refractivity contribution in [2.45, 2.75) is 19.4 Å². The molecule has 1 aliphatic heterocycles. The minimum absolute atomic E-state index is 0.0271. The normalized spacial score (nSPS) is 15.8. The molecule has 2 rings (SSSR count). The van der Waals surface area contributed by atoms with Crippen LogP contribution in [0.4, 0.5) is 5.69 Å². The van der Waals surface area contributed by atoms with Crippen molar-refractivity contribution in [2.24, 2.45) is 0 Å². The van der Waals surface area contributed by atoms with E-state index < -0.39 is 9.84 Å². The molecule has 0 bridgehead atoms. The third-order valence-electron chi connectivity index (χ3n) is 3.14. The third kappa shape index (κ3) is 3.50. The molecule has 20 heavy (non-hydrogen) atoms. The van der Waals surface area contributed by atoms with Crippen LogP contribution in [-0.4, -0.2) is 32.9 Å². The number of hydrogen-bond acceptors (Lipinski definition) is 4. The van der Waals surface area contributed by atoms with E-state index in [0.717, 1.165) is 5.56 Å². The highest BCUT2D eigenvalue weighted by Crippen LogP contribution is 2.33. The molecule has 7 heteroatoms. The summed E-state index contributed by atoms with van der Waals surface area (Å²) in [6.45, 7) is 2.53. The zero-order chi connectivity index (χ0) is 14.9. The number of rotatable bonds is 5. The lowest BCUT2D eigenvalue weighted by atomic mass is 10.0. The third-order valence-corrected chi connectivity index (χ3v) is 4.41. The quantitative estimate of drug-likeness (QED) is 0.864. The number of halogens is 1. The van der Waals surface area contributed by atoms with Gasteiger partial charge in [-0.1, -0.05) is 24.6 Å². The van der Waals surface area contributed by atoms with Crippen molar-refractivity contribution in [2.75, 3.05) is 23.9 Å². The number of hydrogen-bond donors (Lipinski definition) is 2. The molecule has 1 aromatic carbocycles. The van der Waals surface area contributed by atoms with Gasteiger partial charge in [-0.25, -0.2) is 8.42 Å². The summed E-state index contributed by atoms with van der Waals surface area (Å²) in [5.74, 6) is -0.0999. The number of carbonyl (C=O) groups excluding carboxylic acids is 1. The van der Waals surface area contributed by atoms with E-state index in [0.29, 0.717) is 29.2 Å². The average Bonchev–Trinajstić information content (AvgIpc) is 2.65. The topological polar surface area (TPSA) is 75.3 Å². The highest BCUT2D eigenvalue weighted by Gasteiger charge is 2.24. The van der Waals surface area contributed by atoms with Gasteiger partial charge in [0.2, 0.25) is 5.91 Å². The SMILES string of the molecule is CCNC(CS(C)(=O)=O)c1cc2c(cc1Cl)NC(=O)C2. The van der Waals surface area contributed by atoms with Gasteiger partial charge in [0, 0.05) is 23.0 Å². The van der Waals surface area contributed by atoms with E-state index >= 15 is 0 Å². The Kier molecular flexibility index (Phi) is 4.36. The number of anilines is 1. The van der Waals surface area contributed by atoms with Gasteiger partial charge >= 0.3 is 0 Å². The van der Waals surface area contributed by atoms with Crippen molar-refractivity contribution in [1.82, 2.24) is 5.32 Å². The first-order valence-electron chi connectivity index (χ1n) is 6.33. The van der Waals surface area contributed by atoms with Crippen LogP contribution in [0.2, 0.25) is 5.02 Å². The second-order valence-electron chi connectivity index (χ2n) is 4.96. The fourth-order valence-corrected chi connectivity index (χ4v) is 3.54. The van der Waals surface area contributed by atoms with Gasteiger partial charge in [0.05, 0.1) is 12.2 Å². The van der Waals surface area contributed by atoms with E-state index in [1.54, 1.807) is 6.07 Å². The molecule has 1 unspecified atom stereocenters. The van der Waals surface area contributed by atoms with Crippen LogP contribution in [0.25, 0.3) is 0 Å². The minimum Gasteiger partial charge on any atom is -0.325 e. The van der Waals surface area contributed by atoms with Crippen molar-refractivity contribution < 1.29 is 13.2 Å². The standard InChI is InChI=1S/C13H17ClN2O3S/c1-3-15-12(7-20(2,18)19)9-4-8-5-13(17)16-11(8)6-10(9)14/h4,6,12,15H,3,5,7H2,1-2H3,(H,16,17). The molecule has 5 nitrogen and oxygen atoms in total. The van der Waals surface area contributed by atoms with Crippen LogP contribution in [0, 0.1) is 0 Å². The molecule has 1 aliphatic rings. The number of carbonyl (C=O) groups is 1. The summed E-state index contributed by atoms with van der Waals surface area (Å²) in [7, 11) is -3.14. The van der Waals surface area contributed by atoms with Crippen LogP contribution in [0.5, 0.6) is 0 Å². The molecule has 110 valence electrons. The van der Waals surface area contributed by atoms with E-state index in [1.165, 1.54) is 6.26 Å². The van der Waals surface area contributed by atoms with Gasteiger partial charge in [0.15, 0.2) is 0 Å². The van der Waals surface area contributed by atoms with Gasteiger partial charge in [0.1, 0.15) is 9.84 Å². The number of benzene rings is 1. The summed E-state index contributed by atoms with van der Waals surface area (Å²) in [6, 6.07) is 3.13. The maximum absolute atomic E-state index is 11.5. The van der Waals surface area contributed by atoms with Crippen LogP contribution in [-0.2, 0) is 21.1 Å². The number of amides is 1. The van der Waals surface area contributed by atoms with E-state index in [2.05, 4.69) is 10.6 Å². The Labute approximate surface area is 123 Å². The summed E-state index contributed by atoms with van der Waals surface area (Å²) in [6.07, 6.45) is 1.50. The maximum Gasteiger partial charge on any atom is 0.228 e. The van der Waals surface area contributed by atoms with Crippen LogP contribution >= 0.6 is 11.6 Å². The lowest BCUT2D eigenvalue weighted by molar-refractivity contribution is -0.115. The van der Waals surface area contributed by atoms with E-state index in [9.17, 15) is 13.2 Å². The molecule has 0 spiro atoms. The van der Waals surface area contributed by atoms with Crippen molar-refractivity contribution in [1.29, 1.82) is 0 Å². The summed E-state index contributed by atoms with van der Waals surface area (Å²) >= 11 is 6.23. The molecule has 0 radical (unpaired) electrons. The highest BCUT2D eigenvalue weighted by molar-refractivity contribution is 7.90. The average molecular weight is 317 g/mol. The van der Waals surface area contributed by atoms with Gasteiger partial charge < -0.3 is 10.6 Å². The molecule has 0 fully saturated rings. The zero-order valence-electron chi connectivity index (χ0n) is 11.4. The molecule has 0 saturated carbocycles. The van der Waals surface area contributed by atoms with Crippen molar-refractivity contribution in [3.8, 4) is 0 Å². The monoisotopic (exact) mass is 316 g/mol. The minimum atomic E-state index is -3.14. The zero-order valence-corrected chi connectivity index (χ0v) is 12.9. The fraction of sp³-hybridized carbons (Fsp3) is 0.462. The first-order chi connectivity index (χ1) is 9.30.